The van der Waals surface area contributed by atoms with Crippen LogP contribution in [0.2, 0.25) is 0 Å². The van der Waals surface area contributed by atoms with Crippen molar-refractivity contribution in [3.63, 3.8) is 0 Å². The van der Waals surface area contributed by atoms with Crippen LogP contribution in [0.25, 0.3) is 5.69 Å². The third-order valence-corrected chi connectivity index (χ3v) is 3.50. The van der Waals surface area contributed by atoms with E-state index >= 15 is 0 Å². The summed E-state index contributed by atoms with van der Waals surface area (Å²) in [6.07, 6.45) is 4.55. The number of hydrogen-bond acceptors (Lipinski definition) is 5. The fourth-order valence-corrected chi connectivity index (χ4v) is 2.32. The highest BCUT2D eigenvalue weighted by atomic mass is 16.3. The van der Waals surface area contributed by atoms with E-state index < -0.39 is 6.04 Å². The van der Waals surface area contributed by atoms with Crippen molar-refractivity contribution in [3.8, 4) is 5.69 Å². The summed E-state index contributed by atoms with van der Waals surface area (Å²) in [6, 6.07) is 8.12. The molecule has 23 heavy (non-hydrogen) atoms. The van der Waals surface area contributed by atoms with Gasteiger partial charge in [-0.05, 0) is 42.8 Å². The molecule has 0 saturated carbocycles. The minimum Gasteiger partial charge on any atom is -0.467 e. The first kappa shape index (κ1) is 15.0. The summed E-state index contributed by atoms with van der Waals surface area (Å²) in [4.78, 5) is 16.3. The van der Waals surface area contributed by atoms with Crippen molar-refractivity contribution in [1.82, 2.24) is 20.1 Å². The number of nitrogens with one attached hydrogen (secondary N) is 1. The average Bonchev–Trinajstić information content (AvgIpc) is 3.25. The lowest BCUT2D eigenvalue weighted by Gasteiger charge is -2.14. The van der Waals surface area contributed by atoms with E-state index in [0.29, 0.717) is 11.3 Å². The summed E-state index contributed by atoms with van der Waals surface area (Å²) >= 11 is 0. The predicted molar refractivity (Wildman–Crippen MR) is 82.1 cm³/mol. The van der Waals surface area contributed by atoms with Gasteiger partial charge in [0, 0.05) is 5.56 Å². The molecule has 0 aliphatic carbocycles. The van der Waals surface area contributed by atoms with E-state index in [2.05, 4.69) is 15.4 Å². The standard InChI is InChI=1S/C16H16N4O3/c1-11-7-12(4-5-14(11)20-10-17-9-18-20)16(22)19-13(8-21)15-3-2-6-23-15/h2-7,9-10,13,21H,8H2,1H3,(H,19,22). The lowest BCUT2D eigenvalue weighted by molar-refractivity contribution is 0.0907. The zero-order chi connectivity index (χ0) is 16.2. The first-order valence-electron chi connectivity index (χ1n) is 7.10. The molecule has 0 aliphatic heterocycles. The van der Waals surface area contributed by atoms with Gasteiger partial charge >= 0.3 is 0 Å². The molecular weight excluding hydrogens is 296 g/mol. The SMILES string of the molecule is Cc1cc(C(=O)NC(CO)c2ccco2)ccc1-n1cncn1. The summed E-state index contributed by atoms with van der Waals surface area (Å²) in [5.41, 5.74) is 2.24. The van der Waals surface area contributed by atoms with Crippen molar-refractivity contribution in [2.24, 2.45) is 0 Å². The molecule has 7 nitrogen and oxygen atoms in total. The van der Waals surface area contributed by atoms with E-state index in [1.54, 1.807) is 41.3 Å². The predicted octanol–water partition coefficient (Wildman–Crippen LogP) is 1.63. The molecule has 3 rings (SSSR count). The second-order valence-corrected chi connectivity index (χ2v) is 5.07. The number of hydrogen-bond donors (Lipinski definition) is 2. The number of rotatable bonds is 5. The zero-order valence-corrected chi connectivity index (χ0v) is 12.5. The summed E-state index contributed by atoms with van der Waals surface area (Å²) in [5.74, 6) is 0.227. The number of furan rings is 1. The smallest absolute Gasteiger partial charge is 0.251 e. The van der Waals surface area contributed by atoms with Gasteiger partial charge in [0.25, 0.3) is 5.91 Å². The van der Waals surface area contributed by atoms with Crippen LogP contribution in [-0.2, 0) is 0 Å². The van der Waals surface area contributed by atoms with Gasteiger partial charge in [0.15, 0.2) is 0 Å². The topological polar surface area (TPSA) is 93.2 Å². The number of aromatic nitrogens is 3. The molecule has 0 spiro atoms. The number of nitrogens with zero attached hydrogens (tertiary/aromatic N) is 3. The number of aliphatic hydroxyl groups is 1. The monoisotopic (exact) mass is 312 g/mol. The van der Waals surface area contributed by atoms with Crippen LogP contribution < -0.4 is 5.32 Å². The molecule has 1 aromatic carbocycles. The molecule has 118 valence electrons. The Hall–Kier alpha value is -2.93. The lowest BCUT2D eigenvalue weighted by atomic mass is 10.1. The number of carbonyl (C=O) groups excluding carboxylic acids is 1. The Balaban J connectivity index is 1.79. The number of carbonyl (C=O) groups is 1. The second kappa shape index (κ2) is 6.45. The van der Waals surface area contributed by atoms with Crippen LogP contribution in [0.15, 0.2) is 53.7 Å². The molecular formula is C16H16N4O3. The van der Waals surface area contributed by atoms with Crippen LogP contribution in [0.4, 0.5) is 0 Å². The Morgan fingerprint density at radius 1 is 1.43 bits per heavy atom. The van der Waals surface area contributed by atoms with Gasteiger partial charge < -0.3 is 14.8 Å². The summed E-state index contributed by atoms with van der Waals surface area (Å²) in [6.45, 7) is 1.65. The van der Waals surface area contributed by atoms with Gasteiger partial charge in [0.1, 0.15) is 24.5 Å². The largest absolute Gasteiger partial charge is 0.467 e. The van der Waals surface area contributed by atoms with E-state index in [1.807, 2.05) is 6.92 Å². The highest BCUT2D eigenvalue weighted by Crippen LogP contribution is 2.17. The molecule has 0 bridgehead atoms. The van der Waals surface area contributed by atoms with Crippen molar-refractivity contribution in [1.29, 1.82) is 0 Å². The van der Waals surface area contributed by atoms with E-state index in [0.717, 1.165) is 11.3 Å². The van der Waals surface area contributed by atoms with Crippen LogP contribution >= 0.6 is 0 Å². The fourth-order valence-electron chi connectivity index (χ4n) is 2.32. The maximum atomic E-state index is 12.4. The summed E-state index contributed by atoms with van der Waals surface area (Å²) < 4.78 is 6.86. The molecule has 0 radical (unpaired) electrons. The first-order chi connectivity index (χ1) is 11.2. The molecule has 1 amide bonds. The number of aryl methyl sites for hydroxylation is 1. The van der Waals surface area contributed by atoms with Gasteiger partial charge in [-0.3, -0.25) is 4.79 Å². The molecule has 2 aromatic heterocycles. The molecule has 0 fully saturated rings. The summed E-state index contributed by atoms with van der Waals surface area (Å²) in [5, 5.41) is 16.3. The van der Waals surface area contributed by atoms with Gasteiger partial charge in [-0.25, -0.2) is 9.67 Å². The van der Waals surface area contributed by atoms with E-state index in [4.69, 9.17) is 4.42 Å². The normalized spacial score (nSPS) is 12.1. The third kappa shape index (κ3) is 3.14. The van der Waals surface area contributed by atoms with Crippen LogP contribution in [0.1, 0.15) is 27.7 Å². The molecule has 0 aliphatic rings. The lowest BCUT2D eigenvalue weighted by Crippen LogP contribution is -2.30. The van der Waals surface area contributed by atoms with Crippen LogP contribution in [-0.4, -0.2) is 32.4 Å². The Labute approximate surface area is 132 Å². The van der Waals surface area contributed by atoms with Crippen molar-refractivity contribution < 1.29 is 14.3 Å². The quantitative estimate of drug-likeness (QED) is 0.747. The fraction of sp³-hybridized carbons (Fsp3) is 0.188. The highest BCUT2D eigenvalue weighted by molar-refractivity contribution is 5.94. The number of benzene rings is 1. The Morgan fingerprint density at radius 3 is 2.91 bits per heavy atom. The Morgan fingerprint density at radius 2 is 2.30 bits per heavy atom. The Bertz CT molecular complexity index is 782. The maximum Gasteiger partial charge on any atom is 0.251 e. The van der Waals surface area contributed by atoms with Crippen LogP contribution in [0.3, 0.4) is 0 Å². The molecule has 1 atom stereocenters. The minimum atomic E-state index is -0.576. The van der Waals surface area contributed by atoms with Gasteiger partial charge in [-0.1, -0.05) is 0 Å². The van der Waals surface area contributed by atoms with Crippen molar-refractivity contribution >= 4 is 5.91 Å². The minimum absolute atomic E-state index is 0.241. The van der Waals surface area contributed by atoms with E-state index in [-0.39, 0.29) is 12.5 Å². The van der Waals surface area contributed by atoms with E-state index in [9.17, 15) is 9.90 Å². The zero-order valence-electron chi connectivity index (χ0n) is 12.5. The van der Waals surface area contributed by atoms with Gasteiger partial charge in [0.05, 0.1) is 18.6 Å². The molecule has 2 heterocycles. The molecule has 1 unspecified atom stereocenters. The summed E-state index contributed by atoms with van der Waals surface area (Å²) in [7, 11) is 0. The van der Waals surface area contributed by atoms with Crippen molar-refractivity contribution in [3.05, 3.63) is 66.1 Å². The Kier molecular flexibility index (Phi) is 4.20. The molecule has 7 heteroatoms. The van der Waals surface area contributed by atoms with Crippen molar-refractivity contribution in [2.75, 3.05) is 6.61 Å². The average molecular weight is 312 g/mol. The first-order valence-corrected chi connectivity index (χ1v) is 7.10. The van der Waals surface area contributed by atoms with Crippen molar-refractivity contribution in [2.45, 2.75) is 13.0 Å². The second-order valence-electron chi connectivity index (χ2n) is 5.07. The molecule has 3 aromatic rings. The van der Waals surface area contributed by atoms with Gasteiger partial charge in [0.2, 0.25) is 0 Å². The van der Waals surface area contributed by atoms with Gasteiger partial charge in [-0.2, -0.15) is 5.10 Å². The van der Waals surface area contributed by atoms with Crippen LogP contribution in [0.5, 0.6) is 0 Å². The molecule has 2 N–H and O–H groups in total. The highest BCUT2D eigenvalue weighted by Gasteiger charge is 2.17. The number of amides is 1. The maximum absolute atomic E-state index is 12.4. The van der Waals surface area contributed by atoms with E-state index in [1.165, 1.54) is 12.6 Å². The van der Waals surface area contributed by atoms with Gasteiger partial charge in [-0.15, -0.1) is 0 Å². The number of aliphatic hydroxyl groups excluding tert-OH is 1. The van der Waals surface area contributed by atoms with Crippen LogP contribution in [0, 0.1) is 6.92 Å². The molecule has 0 saturated heterocycles. The third-order valence-electron chi connectivity index (χ3n) is 3.50.